The Morgan fingerprint density at radius 3 is 2.40 bits per heavy atom. The number of carbonyl (C=O) groups excluding carboxylic acids is 2. The first-order valence-electron chi connectivity index (χ1n) is 8.25. The Bertz CT molecular complexity index is 724. The minimum absolute atomic E-state index is 0.0167. The van der Waals surface area contributed by atoms with Gasteiger partial charge in [-0.1, -0.05) is 38.1 Å². The van der Waals surface area contributed by atoms with Crippen LogP contribution in [-0.4, -0.2) is 18.9 Å². The Morgan fingerprint density at radius 1 is 1.04 bits per heavy atom. The molecule has 0 saturated carbocycles. The molecule has 0 aliphatic heterocycles. The van der Waals surface area contributed by atoms with E-state index >= 15 is 0 Å². The van der Waals surface area contributed by atoms with Crippen molar-refractivity contribution in [2.24, 2.45) is 5.92 Å². The summed E-state index contributed by atoms with van der Waals surface area (Å²) in [4.78, 5) is 23.9. The number of hydrogen-bond donors (Lipinski definition) is 2. The summed E-state index contributed by atoms with van der Waals surface area (Å²) >= 11 is 0. The molecular formula is C20H24N2O3. The van der Waals surface area contributed by atoms with Gasteiger partial charge in [-0.2, -0.15) is 0 Å². The molecule has 25 heavy (non-hydrogen) atoms. The van der Waals surface area contributed by atoms with Crippen molar-refractivity contribution < 1.29 is 14.3 Å². The zero-order valence-corrected chi connectivity index (χ0v) is 14.8. The molecule has 5 nitrogen and oxygen atoms in total. The van der Waals surface area contributed by atoms with Crippen molar-refractivity contribution in [3.05, 3.63) is 65.2 Å². The van der Waals surface area contributed by atoms with Gasteiger partial charge in [0.15, 0.2) is 0 Å². The van der Waals surface area contributed by atoms with Gasteiger partial charge in [-0.15, -0.1) is 0 Å². The Kier molecular flexibility index (Phi) is 6.71. The smallest absolute Gasteiger partial charge is 0.251 e. The second-order valence-electron chi connectivity index (χ2n) is 6.16. The molecule has 2 aromatic rings. The summed E-state index contributed by atoms with van der Waals surface area (Å²) in [5.41, 5.74) is 3.28. The highest BCUT2D eigenvalue weighted by Gasteiger charge is 2.08. The Labute approximate surface area is 148 Å². The minimum Gasteiger partial charge on any atom is -0.380 e. The lowest BCUT2D eigenvalue weighted by molar-refractivity contribution is -0.118. The standard InChI is InChI=1S/C20H24N2O3/c1-14(2)19(23)22-18-9-7-15(8-10-18)12-21-20(24)17-6-4-5-16(11-17)13-25-3/h4-11,14H,12-13H2,1-3H3,(H,21,24)(H,22,23). The maximum Gasteiger partial charge on any atom is 0.251 e. The van der Waals surface area contributed by atoms with Crippen molar-refractivity contribution in [3.8, 4) is 0 Å². The van der Waals surface area contributed by atoms with Crippen molar-refractivity contribution in [1.82, 2.24) is 5.32 Å². The van der Waals surface area contributed by atoms with Crippen LogP contribution in [0.5, 0.6) is 0 Å². The van der Waals surface area contributed by atoms with Crippen LogP contribution in [0.25, 0.3) is 0 Å². The average molecular weight is 340 g/mol. The zero-order valence-electron chi connectivity index (χ0n) is 14.8. The molecule has 2 rings (SSSR count). The van der Waals surface area contributed by atoms with Gasteiger partial charge in [0, 0.05) is 30.8 Å². The summed E-state index contributed by atoms with van der Waals surface area (Å²) in [7, 11) is 1.62. The topological polar surface area (TPSA) is 67.4 Å². The molecule has 0 aliphatic carbocycles. The number of rotatable bonds is 7. The van der Waals surface area contributed by atoms with Crippen LogP contribution in [0.1, 0.15) is 35.3 Å². The predicted molar refractivity (Wildman–Crippen MR) is 98.2 cm³/mol. The lowest BCUT2D eigenvalue weighted by Gasteiger charge is -2.10. The molecule has 0 unspecified atom stereocenters. The van der Waals surface area contributed by atoms with E-state index in [-0.39, 0.29) is 17.7 Å². The third-order valence-electron chi connectivity index (χ3n) is 3.70. The van der Waals surface area contributed by atoms with Crippen LogP contribution < -0.4 is 10.6 Å². The predicted octanol–water partition coefficient (Wildman–Crippen LogP) is 3.36. The molecule has 0 bridgehead atoms. The summed E-state index contributed by atoms with van der Waals surface area (Å²) in [5, 5.41) is 5.74. The second kappa shape index (κ2) is 8.99. The van der Waals surface area contributed by atoms with E-state index in [1.165, 1.54) is 0 Å². The van der Waals surface area contributed by atoms with Crippen molar-refractivity contribution in [1.29, 1.82) is 0 Å². The third-order valence-corrected chi connectivity index (χ3v) is 3.70. The number of methoxy groups -OCH3 is 1. The molecule has 0 heterocycles. The van der Waals surface area contributed by atoms with Crippen LogP contribution in [0.3, 0.4) is 0 Å². The summed E-state index contributed by atoms with van der Waals surface area (Å²) in [5.74, 6) is -0.208. The van der Waals surface area contributed by atoms with E-state index in [1.54, 1.807) is 13.2 Å². The van der Waals surface area contributed by atoms with Gasteiger partial charge < -0.3 is 15.4 Å². The first-order valence-corrected chi connectivity index (χ1v) is 8.25. The maximum atomic E-state index is 12.3. The van der Waals surface area contributed by atoms with Gasteiger partial charge in [-0.05, 0) is 35.4 Å². The molecule has 0 spiro atoms. The van der Waals surface area contributed by atoms with Crippen LogP contribution in [-0.2, 0) is 22.7 Å². The fourth-order valence-corrected chi connectivity index (χ4v) is 2.25. The number of ether oxygens (including phenoxy) is 1. The molecule has 2 aromatic carbocycles. The normalized spacial score (nSPS) is 10.6. The van der Waals surface area contributed by atoms with Gasteiger partial charge in [-0.3, -0.25) is 9.59 Å². The van der Waals surface area contributed by atoms with E-state index in [0.29, 0.717) is 18.7 Å². The molecule has 2 amide bonds. The Morgan fingerprint density at radius 2 is 1.76 bits per heavy atom. The molecular weight excluding hydrogens is 316 g/mol. The molecule has 5 heteroatoms. The van der Waals surface area contributed by atoms with Gasteiger partial charge >= 0.3 is 0 Å². The zero-order chi connectivity index (χ0) is 18.2. The quantitative estimate of drug-likeness (QED) is 0.812. The fourth-order valence-electron chi connectivity index (χ4n) is 2.25. The van der Waals surface area contributed by atoms with Crippen LogP contribution in [0.4, 0.5) is 5.69 Å². The van der Waals surface area contributed by atoms with E-state index in [2.05, 4.69) is 10.6 Å². The molecule has 0 aliphatic rings. The van der Waals surface area contributed by atoms with Gasteiger partial charge in [-0.25, -0.2) is 0 Å². The first kappa shape index (κ1) is 18.7. The van der Waals surface area contributed by atoms with Crippen molar-refractivity contribution in [3.63, 3.8) is 0 Å². The molecule has 2 N–H and O–H groups in total. The highest BCUT2D eigenvalue weighted by Crippen LogP contribution is 2.12. The minimum atomic E-state index is -0.129. The van der Waals surface area contributed by atoms with Crippen molar-refractivity contribution in [2.45, 2.75) is 27.0 Å². The van der Waals surface area contributed by atoms with Gasteiger partial charge in [0.05, 0.1) is 6.61 Å². The van der Waals surface area contributed by atoms with Gasteiger partial charge in [0.1, 0.15) is 0 Å². The van der Waals surface area contributed by atoms with Crippen LogP contribution in [0.15, 0.2) is 48.5 Å². The lowest BCUT2D eigenvalue weighted by atomic mass is 10.1. The molecule has 0 radical (unpaired) electrons. The van der Waals surface area contributed by atoms with Crippen LogP contribution in [0, 0.1) is 5.92 Å². The van der Waals surface area contributed by atoms with Crippen molar-refractivity contribution in [2.75, 3.05) is 12.4 Å². The molecule has 0 aromatic heterocycles. The monoisotopic (exact) mass is 340 g/mol. The molecule has 0 fully saturated rings. The van der Waals surface area contributed by atoms with E-state index < -0.39 is 0 Å². The number of benzene rings is 2. The Balaban J connectivity index is 1.91. The van der Waals surface area contributed by atoms with Gasteiger partial charge in [0.2, 0.25) is 5.91 Å². The summed E-state index contributed by atoms with van der Waals surface area (Å²) in [6.07, 6.45) is 0. The van der Waals surface area contributed by atoms with E-state index in [4.69, 9.17) is 4.74 Å². The number of amides is 2. The molecule has 132 valence electrons. The second-order valence-corrected chi connectivity index (χ2v) is 6.16. The number of anilines is 1. The molecule has 0 saturated heterocycles. The first-order chi connectivity index (χ1) is 12.0. The molecule has 0 atom stereocenters. The number of nitrogens with one attached hydrogen (secondary N) is 2. The SMILES string of the molecule is COCc1cccc(C(=O)NCc2ccc(NC(=O)C(C)C)cc2)c1. The third kappa shape index (κ3) is 5.72. The average Bonchev–Trinajstić information content (AvgIpc) is 2.61. The van der Waals surface area contributed by atoms with E-state index in [1.807, 2.05) is 56.3 Å². The number of carbonyl (C=O) groups is 2. The van der Waals surface area contributed by atoms with E-state index in [9.17, 15) is 9.59 Å². The summed E-state index contributed by atoms with van der Waals surface area (Å²) in [6, 6.07) is 14.8. The Hall–Kier alpha value is -2.66. The van der Waals surface area contributed by atoms with Crippen LogP contribution >= 0.6 is 0 Å². The highest BCUT2D eigenvalue weighted by atomic mass is 16.5. The van der Waals surface area contributed by atoms with E-state index in [0.717, 1.165) is 16.8 Å². The summed E-state index contributed by atoms with van der Waals surface area (Å²) in [6.45, 7) is 4.60. The fraction of sp³-hybridized carbons (Fsp3) is 0.300. The van der Waals surface area contributed by atoms with Crippen molar-refractivity contribution >= 4 is 17.5 Å². The maximum absolute atomic E-state index is 12.3. The largest absolute Gasteiger partial charge is 0.380 e. The highest BCUT2D eigenvalue weighted by molar-refractivity contribution is 5.94. The summed E-state index contributed by atoms with van der Waals surface area (Å²) < 4.78 is 5.08. The van der Waals surface area contributed by atoms with Crippen LogP contribution in [0.2, 0.25) is 0 Å². The van der Waals surface area contributed by atoms with Gasteiger partial charge in [0.25, 0.3) is 5.91 Å². The lowest BCUT2D eigenvalue weighted by Crippen LogP contribution is -2.23. The number of hydrogen-bond acceptors (Lipinski definition) is 3.